The zero-order chi connectivity index (χ0) is 7.72. The van der Waals surface area contributed by atoms with Gasteiger partial charge in [0.15, 0.2) is 18.1 Å². The van der Waals surface area contributed by atoms with Crippen LogP contribution in [0.1, 0.15) is 0 Å². The van der Waals surface area contributed by atoms with Gasteiger partial charge in [-0.15, -0.1) is 5.01 Å². The lowest BCUT2D eigenvalue weighted by molar-refractivity contribution is -0.685. The fourth-order valence-corrected chi connectivity index (χ4v) is 0.606. The second kappa shape index (κ2) is 2.09. The minimum absolute atomic E-state index is 0.00306. The third-order valence-electron chi connectivity index (χ3n) is 1.22. The molecular formula is C3H4N3O4. The Morgan fingerprint density at radius 1 is 1.30 bits per heavy atom. The molecule has 0 aliphatic carbocycles. The number of hydrogen-bond acceptors (Lipinski definition) is 4. The van der Waals surface area contributed by atoms with Crippen LogP contribution in [0.2, 0.25) is 0 Å². The van der Waals surface area contributed by atoms with Crippen molar-refractivity contribution in [3.63, 3.8) is 0 Å². The number of nitrogens with zero attached hydrogens (tertiary/aromatic N) is 3. The minimum atomic E-state index is -0.646. The second-order valence-electron chi connectivity index (χ2n) is 1.88. The van der Waals surface area contributed by atoms with Crippen molar-refractivity contribution < 1.29 is 9.96 Å². The van der Waals surface area contributed by atoms with Crippen LogP contribution in [0.15, 0.2) is 0 Å². The van der Waals surface area contributed by atoms with E-state index in [1.165, 1.54) is 0 Å². The second-order valence-corrected chi connectivity index (χ2v) is 1.88. The Bertz CT molecular complexity index is 157. The van der Waals surface area contributed by atoms with E-state index in [1.807, 2.05) is 0 Å². The van der Waals surface area contributed by atoms with Crippen molar-refractivity contribution in [1.82, 2.24) is 5.01 Å². The lowest BCUT2D eigenvalue weighted by Gasteiger charge is -2.23. The van der Waals surface area contributed by atoms with E-state index in [-0.39, 0.29) is 19.1 Å². The van der Waals surface area contributed by atoms with E-state index >= 15 is 0 Å². The average Bonchev–Trinajstić information content (AvgIpc) is 1.56. The highest BCUT2D eigenvalue weighted by Gasteiger charge is 2.45. The molecule has 0 aromatic rings. The average molecular weight is 146 g/mol. The lowest BCUT2D eigenvalue weighted by Crippen LogP contribution is -2.51. The first-order chi connectivity index (χ1) is 4.61. The van der Waals surface area contributed by atoms with E-state index in [1.54, 1.807) is 0 Å². The molecule has 1 rings (SSSR count). The van der Waals surface area contributed by atoms with Crippen molar-refractivity contribution in [3.8, 4) is 0 Å². The molecule has 55 valence electrons. The van der Waals surface area contributed by atoms with E-state index in [9.17, 15) is 20.2 Å². The standard InChI is InChI=1S/C3H4N3O4/c7-5(8)3-1-4(2-3)6(9)10/h1-2H2. The minimum Gasteiger partial charge on any atom is -0.264 e. The van der Waals surface area contributed by atoms with Gasteiger partial charge in [-0.3, -0.25) is 10.1 Å². The Hall–Kier alpha value is -1.40. The monoisotopic (exact) mass is 146 g/mol. The maximum Gasteiger partial charge on any atom is 0.339 e. The largest absolute Gasteiger partial charge is 0.339 e. The highest BCUT2D eigenvalue weighted by atomic mass is 16.7. The summed E-state index contributed by atoms with van der Waals surface area (Å²) in [5, 5.41) is 19.8. The van der Waals surface area contributed by atoms with Crippen molar-refractivity contribution in [3.05, 3.63) is 26.3 Å². The van der Waals surface area contributed by atoms with Gasteiger partial charge in [-0.25, -0.2) is 10.1 Å². The zero-order valence-electron chi connectivity index (χ0n) is 4.89. The predicted octanol–water partition coefficient (Wildman–Crippen LogP) is -0.698. The molecule has 1 aliphatic heterocycles. The van der Waals surface area contributed by atoms with Crippen molar-refractivity contribution in [2.45, 2.75) is 0 Å². The van der Waals surface area contributed by atoms with Gasteiger partial charge in [0.05, 0.1) is 0 Å². The molecule has 1 fully saturated rings. The molecule has 0 atom stereocenters. The molecule has 1 heterocycles. The van der Waals surface area contributed by atoms with Crippen LogP contribution in [0.4, 0.5) is 0 Å². The molecule has 0 aromatic heterocycles. The quantitative estimate of drug-likeness (QED) is 0.379. The lowest BCUT2D eigenvalue weighted by atomic mass is 10.2. The Labute approximate surface area is 55.5 Å². The Morgan fingerprint density at radius 3 is 2.10 bits per heavy atom. The highest BCUT2D eigenvalue weighted by molar-refractivity contribution is 4.91. The number of nitro groups is 2. The molecule has 0 spiro atoms. The van der Waals surface area contributed by atoms with E-state index < -0.39 is 9.96 Å². The van der Waals surface area contributed by atoms with Gasteiger partial charge in [0.25, 0.3) is 0 Å². The third kappa shape index (κ3) is 0.971. The van der Waals surface area contributed by atoms with Crippen LogP contribution in [0.5, 0.6) is 0 Å². The number of hydrogen-bond donors (Lipinski definition) is 0. The number of rotatable bonds is 2. The van der Waals surface area contributed by atoms with Gasteiger partial charge in [-0.2, -0.15) is 0 Å². The molecule has 0 aromatic carbocycles. The van der Waals surface area contributed by atoms with Crippen LogP contribution in [0.3, 0.4) is 0 Å². The van der Waals surface area contributed by atoms with Crippen LogP contribution < -0.4 is 0 Å². The van der Waals surface area contributed by atoms with Gasteiger partial charge >= 0.3 is 6.04 Å². The summed E-state index contributed by atoms with van der Waals surface area (Å²) in [5.74, 6) is 0. The Kier molecular flexibility index (Phi) is 1.40. The predicted molar refractivity (Wildman–Crippen MR) is 28.8 cm³/mol. The van der Waals surface area contributed by atoms with Gasteiger partial charge in [-0.05, 0) is 0 Å². The molecule has 1 radical (unpaired) electrons. The summed E-state index contributed by atoms with van der Waals surface area (Å²) < 4.78 is 0. The smallest absolute Gasteiger partial charge is 0.264 e. The molecule has 10 heavy (non-hydrogen) atoms. The summed E-state index contributed by atoms with van der Waals surface area (Å²) >= 11 is 0. The summed E-state index contributed by atoms with van der Waals surface area (Å²) in [6, 6.07) is -0.00306. The van der Waals surface area contributed by atoms with Crippen LogP contribution in [0, 0.1) is 26.3 Å². The number of hydrazine groups is 1. The highest BCUT2D eigenvalue weighted by Crippen LogP contribution is 2.16. The van der Waals surface area contributed by atoms with E-state index in [0.29, 0.717) is 0 Å². The van der Waals surface area contributed by atoms with Crippen LogP contribution >= 0.6 is 0 Å². The first-order valence-corrected chi connectivity index (χ1v) is 2.49. The van der Waals surface area contributed by atoms with E-state index in [4.69, 9.17) is 0 Å². The summed E-state index contributed by atoms with van der Waals surface area (Å²) in [6.07, 6.45) is 0. The SMILES string of the molecule is O=[N+]([O-])[C]1CN([N+](=O)[O-])C1. The first-order valence-electron chi connectivity index (χ1n) is 2.49. The molecule has 1 saturated heterocycles. The van der Waals surface area contributed by atoms with E-state index in [0.717, 1.165) is 5.01 Å². The van der Waals surface area contributed by atoms with Gasteiger partial charge in [0.1, 0.15) is 0 Å². The maximum atomic E-state index is 9.87. The molecule has 1 aliphatic rings. The van der Waals surface area contributed by atoms with Crippen molar-refractivity contribution >= 4 is 0 Å². The molecule has 0 unspecified atom stereocenters. The topological polar surface area (TPSA) is 89.5 Å². The van der Waals surface area contributed by atoms with E-state index in [2.05, 4.69) is 0 Å². The summed E-state index contributed by atoms with van der Waals surface area (Å²) in [5.41, 5.74) is 0. The van der Waals surface area contributed by atoms with Crippen LogP contribution in [0.25, 0.3) is 0 Å². The summed E-state index contributed by atoms with van der Waals surface area (Å²) in [6.45, 7) is -0.306. The van der Waals surface area contributed by atoms with Gasteiger partial charge in [0.2, 0.25) is 0 Å². The van der Waals surface area contributed by atoms with Crippen LogP contribution in [-0.2, 0) is 0 Å². The Balaban J connectivity index is 2.31. The normalized spacial score (nSPS) is 18.2. The first kappa shape index (κ1) is 6.72. The van der Waals surface area contributed by atoms with Crippen molar-refractivity contribution in [2.75, 3.05) is 13.1 Å². The van der Waals surface area contributed by atoms with Gasteiger partial charge < -0.3 is 0 Å². The van der Waals surface area contributed by atoms with Crippen LogP contribution in [-0.4, -0.2) is 28.1 Å². The molecule has 0 saturated carbocycles. The van der Waals surface area contributed by atoms with Gasteiger partial charge in [-0.1, -0.05) is 0 Å². The molecule has 7 heteroatoms. The fourth-order valence-electron chi connectivity index (χ4n) is 0.606. The maximum absolute atomic E-state index is 9.87. The molecular weight excluding hydrogens is 142 g/mol. The third-order valence-corrected chi connectivity index (χ3v) is 1.22. The van der Waals surface area contributed by atoms with Gasteiger partial charge in [0, 0.05) is 4.92 Å². The van der Waals surface area contributed by atoms with Crippen molar-refractivity contribution in [2.24, 2.45) is 0 Å². The molecule has 7 nitrogen and oxygen atoms in total. The zero-order valence-corrected chi connectivity index (χ0v) is 4.89. The molecule has 0 N–H and O–H groups in total. The summed E-state index contributed by atoms with van der Waals surface area (Å²) in [4.78, 5) is 19.1. The van der Waals surface area contributed by atoms with Crippen molar-refractivity contribution in [1.29, 1.82) is 0 Å². The molecule has 0 amide bonds. The molecule has 0 bridgehead atoms. The summed E-state index contributed by atoms with van der Waals surface area (Å²) in [7, 11) is 0. The Morgan fingerprint density at radius 2 is 1.80 bits per heavy atom. The fraction of sp³-hybridized carbons (Fsp3) is 0.667.